The van der Waals surface area contributed by atoms with E-state index in [4.69, 9.17) is 5.73 Å². The highest BCUT2D eigenvalue weighted by Gasteiger charge is 2.31. The van der Waals surface area contributed by atoms with Gasteiger partial charge in [0.15, 0.2) is 0 Å². The van der Waals surface area contributed by atoms with Crippen LogP contribution in [0.25, 0.3) is 0 Å². The summed E-state index contributed by atoms with van der Waals surface area (Å²) in [5, 5.41) is 6.14. The fraction of sp³-hybridized carbons (Fsp3) is 0.909. The molecule has 0 aromatic heterocycles. The van der Waals surface area contributed by atoms with E-state index in [0.717, 1.165) is 19.4 Å². The van der Waals surface area contributed by atoms with E-state index in [1.165, 1.54) is 0 Å². The lowest BCUT2D eigenvalue weighted by atomic mass is 9.90. The Morgan fingerprint density at radius 3 is 2.35 bits per heavy atom. The molecular formula is C11H25Cl2N3O. The Labute approximate surface area is 116 Å². The molecule has 1 fully saturated rings. The van der Waals surface area contributed by atoms with Crippen LogP contribution >= 0.6 is 24.8 Å². The molecular weight excluding hydrogens is 261 g/mol. The van der Waals surface area contributed by atoms with E-state index in [-0.39, 0.29) is 42.3 Å². The van der Waals surface area contributed by atoms with E-state index in [9.17, 15) is 4.79 Å². The highest BCUT2D eigenvalue weighted by Crippen LogP contribution is 2.16. The van der Waals surface area contributed by atoms with Gasteiger partial charge < -0.3 is 16.4 Å². The standard InChI is InChI=1S/C11H23N3O.2ClH/c1-8(2)6-11(3,7-12)14-10(15)9-4-5-13-9;;/h8-9,13H,4-7,12H2,1-3H3,(H,14,15);2*1H/t9-,11?;;/m1../s1. The molecule has 6 heteroatoms. The largest absolute Gasteiger partial charge is 0.348 e. The molecule has 0 spiro atoms. The fourth-order valence-corrected chi connectivity index (χ4v) is 1.98. The van der Waals surface area contributed by atoms with Crippen molar-refractivity contribution in [3.63, 3.8) is 0 Å². The number of carbonyl (C=O) groups is 1. The smallest absolute Gasteiger partial charge is 0.237 e. The Bertz CT molecular complexity index is 235. The van der Waals surface area contributed by atoms with E-state index < -0.39 is 0 Å². The van der Waals surface area contributed by atoms with Crippen molar-refractivity contribution < 1.29 is 4.79 Å². The lowest BCUT2D eigenvalue weighted by Crippen LogP contribution is -2.60. The molecule has 0 aromatic carbocycles. The molecule has 0 radical (unpaired) electrons. The first-order chi connectivity index (χ1) is 6.97. The molecule has 1 unspecified atom stereocenters. The monoisotopic (exact) mass is 285 g/mol. The van der Waals surface area contributed by atoms with Crippen LogP contribution in [-0.4, -0.2) is 30.6 Å². The maximum absolute atomic E-state index is 11.8. The number of hydrogen-bond acceptors (Lipinski definition) is 3. The molecule has 0 saturated carbocycles. The quantitative estimate of drug-likeness (QED) is 0.708. The third kappa shape index (κ3) is 5.91. The summed E-state index contributed by atoms with van der Waals surface area (Å²) in [7, 11) is 0. The molecule has 0 aromatic rings. The summed E-state index contributed by atoms with van der Waals surface area (Å²) in [6, 6.07) is 0.00281. The van der Waals surface area contributed by atoms with Crippen molar-refractivity contribution in [3.8, 4) is 0 Å². The molecule has 1 amide bonds. The second-order valence-corrected chi connectivity index (χ2v) is 5.15. The molecule has 2 atom stereocenters. The van der Waals surface area contributed by atoms with Gasteiger partial charge in [-0.05, 0) is 32.2 Å². The van der Waals surface area contributed by atoms with Gasteiger partial charge in [-0.15, -0.1) is 24.8 Å². The molecule has 1 aliphatic rings. The second kappa shape index (κ2) is 8.14. The molecule has 1 aliphatic heterocycles. The minimum atomic E-state index is -0.261. The Morgan fingerprint density at radius 1 is 1.53 bits per heavy atom. The van der Waals surface area contributed by atoms with Crippen molar-refractivity contribution in [3.05, 3.63) is 0 Å². The summed E-state index contributed by atoms with van der Waals surface area (Å²) in [5.74, 6) is 0.628. The van der Waals surface area contributed by atoms with Gasteiger partial charge >= 0.3 is 0 Å². The molecule has 1 rings (SSSR count). The van der Waals surface area contributed by atoms with Gasteiger partial charge in [-0.2, -0.15) is 0 Å². The number of nitrogens with two attached hydrogens (primary N) is 1. The average Bonchev–Trinajstić information content (AvgIpc) is 1.98. The van der Waals surface area contributed by atoms with Crippen LogP contribution in [0.5, 0.6) is 0 Å². The minimum absolute atomic E-state index is 0. The topological polar surface area (TPSA) is 67.1 Å². The van der Waals surface area contributed by atoms with E-state index in [2.05, 4.69) is 24.5 Å². The Hall–Kier alpha value is -0.0300. The Morgan fingerprint density at radius 2 is 2.06 bits per heavy atom. The van der Waals surface area contributed by atoms with Gasteiger partial charge in [-0.1, -0.05) is 13.8 Å². The van der Waals surface area contributed by atoms with Crippen molar-refractivity contribution in [2.24, 2.45) is 11.7 Å². The zero-order chi connectivity index (χ0) is 11.5. The van der Waals surface area contributed by atoms with Crippen LogP contribution in [0.4, 0.5) is 0 Å². The molecule has 104 valence electrons. The first kappa shape index (κ1) is 19.3. The maximum atomic E-state index is 11.8. The Kier molecular flexibility index (Phi) is 9.25. The summed E-state index contributed by atoms with van der Waals surface area (Å²) in [5.41, 5.74) is 5.47. The highest BCUT2D eigenvalue weighted by molar-refractivity contribution is 5.85. The Balaban J connectivity index is 0. The summed E-state index contributed by atoms with van der Waals surface area (Å²) in [6.07, 6.45) is 1.86. The summed E-state index contributed by atoms with van der Waals surface area (Å²) in [4.78, 5) is 11.8. The minimum Gasteiger partial charge on any atom is -0.348 e. The molecule has 17 heavy (non-hydrogen) atoms. The van der Waals surface area contributed by atoms with Gasteiger partial charge in [0.1, 0.15) is 0 Å². The van der Waals surface area contributed by atoms with Crippen molar-refractivity contribution in [1.29, 1.82) is 0 Å². The van der Waals surface area contributed by atoms with Gasteiger partial charge in [-0.25, -0.2) is 0 Å². The number of halogens is 2. The average molecular weight is 286 g/mol. The lowest BCUT2D eigenvalue weighted by molar-refractivity contribution is -0.126. The van der Waals surface area contributed by atoms with Gasteiger partial charge in [0.2, 0.25) is 5.91 Å². The van der Waals surface area contributed by atoms with Crippen molar-refractivity contribution in [2.45, 2.75) is 45.2 Å². The number of carbonyl (C=O) groups excluding carboxylic acids is 1. The predicted molar refractivity (Wildman–Crippen MR) is 76.0 cm³/mol. The van der Waals surface area contributed by atoms with Crippen LogP contribution in [0.1, 0.15) is 33.6 Å². The van der Waals surface area contributed by atoms with Crippen LogP contribution in [-0.2, 0) is 4.79 Å². The lowest BCUT2D eigenvalue weighted by Gasteiger charge is -2.35. The van der Waals surface area contributed by atoms with E-state index >= 15 is 0 Å². The molecule has 4 nitrogen and oxygen atoms in total. The SMILES string of the molecule is CC(C)CC(C)(CN)NC(=O)[C@H]1CCN1.Cl.Cl. The zero-order valence-corrected chi connectivity index (χ0v) is 12.4. The number of amides is 1. The van der Waals surface area contributed by atoms with E-state index in [1.54, 1.807) is 0 Å². The number of rotatable bonds is 5. The molecule has 1 heterocycles. The van der Waals surface area contributed by atoms with E-state index in [1.807, 2.05) is 6.92 Å². The number of nitrogens with one attached hydrogen (secondary N) is 2. The van der Waals surface area contributed by atoms with Crippen LogP contribution in [0.3, 0.4) is 0 Å². The van der Waals surface area contributed by atoms with Crippen molar-refractivity contribution in [2.75, 3.05) is 13.1 Å². The van der Waals surface area contributed by atoms with Gasteiger partial charge in [0.25, 0.3) is 0 Å². The number of hydrogen-bond donors (Lipinski definition) is 3. The van der Waals surface area contributed by atoms with Crippen LogP contribution in [0.15, 0.2) is 0 Å². The van der Waals surface area contributed by atoms with Gasteiger partial charge in [0, 0.05) is 12.1 Å². The molecule has 4 N–H and O–H groups in total. The van der Waals surface area contributed by atoms with Crippen molar-refractivity contribution >= 4 is 30.7 Å². The maximum Gasteiger partial charge on any atom is 0.237 e. The first-order valence-electron chi connectivity index (χ1n) is 5.72. The summed E-state index contributed by atoms with van der Waals surface area (Å²) < 4.78 is 0. The molecule has 0 aliphatic carbocycles. The van der Waals surface area contributed by atoms with Crippen LogP contribution in [0.2, 0.25) is 0 Å². The normalized spacial score (nSPS) is 21.6. The zero-order valence-electron chi connectivity index (χ0n) is 10.8. The van der Waals surface area contributed by atoms with Gasteiger partial charge in [-0.3, -0.25) is 4.79 Å². The summed E-state index contributed by atoms with van der Waals surface area (Å²) in [6.45, 7) is 7.73. The van der Waals surface area contributed by atoms with Gasteiger partial charge in [0.05, 0.1) is 6.04 Å². The highest BCUT2D eigenvalue weighted by atomic mass is 35.5. The van der Waals surface area contributed by atoms with Crippen molar-refractivity contribution in [1.82, 2.24) is 10.6 Å². The molecule has 1 saturated heterocycles. The predicted octanol–water partition coefficient (Wildman–Crippen LogP) is 1.07. The summed E-state index contributed by atoms with van der Waals surface area (Å²) >= 11 is 0. The fourth-order valence-electron chi connectivity index (χ4n) is 1.98. The third-order valence-electron chi connectivity index (χ3n) is 2.87. The van der Waals surface area contributed by atoms with Crippen LogP contribution < -0.4 is 16.4 Å². The van der Waals surface area contributed by atoms with E-state index in [0.29, 0.717) is 12.5 Å². The second-order valence-electron chi connectivity index (χ2n) is 5.15. The first-order valence-corrected chi connectivity index (χ1v) is 5.72. The van der Waals surface area contributed by atoms with Crippen LogP contribution in [0, 0.1) is 5.92 Å². The third-order valence-corrected chi connectivity index (χ3v) is 2.87. The molecule has 0 bridgehead atoms.